The van der Waals surface area contributed by atoms with Crippen molar-refractivity contribution in [2.24, 2.45) is 4.74 Å². The zero-order valence-corrected chi connectivity index (χ0v) is 91.9. The molecular weight excluding hydrogens is 2520 g/mol. The summed E-state index contributed by atoms with van der Waals surface area (Å²) >= 11 is 35.4. The van der Waals surface area contributed by atoms with Gasteiger partial charge in [-0.15, -0.1) is 94.4 Å². The Morgan fingerprint density at radius 2 is 0.792 bits per heavy atom. The van der Waals surface area contributed by atoms with Crippen LogP contribution in [0.5, 0.6) is 17.2 Å². The standard InChI is InChI=1S/C18H14BrFO.C16H11BO3.C16H10BrFO.C16H9BrO.C11H11BO3.C6H3BrFI.CH2Cl2.CH4NP.CH2O3.2CH4.BBr3.BH2IO2.HI.2K.H/c1-2-21-18-10-13-6-4-3-5-12(13)9-16(18)15-8-7-14(19)11-17(15)20;18-17(19)12-5-6-13-14-7-10-3-1-2-4-11(10)8-15(14)20-16(13)9-12;17-12-5-6-13(15(18)9-12)14-7-10-3-1-2-4-11(10)8-16(14)19;17-12-5-6-13-14-7-10-3-1-2-4-11(10)8-15(14)18-16(13)9-12;1-15-11-7-9-5-3-2-4-8(9)6-10(11)12(13)14;7-4-1-2-6(9)5(8)3-4;2-1-3;1-2-3;2-1-4-3;;;2*2-1(3)4;;;;/h3-11H,2H2,1H3;1-9,18-19H;1-9,19H;1-9H;2-7,13-14H,1H3;1-3H;1H2;3H,1H3;1,3H;2*1H4;;3-4H;1H;;;/q;;;;;;;;;;;;;;2*+1;-1/p-1. The van der Waals surface area contributed by atoms with Gasteiger partial charge in [-0.25, -0.2) is 13.2 Å². The van der Waals surface area contributed by atoms with Gasteiger partial charge in [-0.05, 0) is 219 Å². The van der Waals surface area contributed by atoms with Crippen LogP contribution in [0.25, 0.3) is 120 Å². The Kier molecular flexibility index (Phi) is 58.7. The molecule has 125 heavy (non-hydrogen) atoms. The molecular formula is C88H77B4Br7Cl2F3I3K2NO14P. The summed E-state index contributed by atoms with van der Waals surface area (Å²) in [5.74, 6) is 0.478. The first-order valence-electron chi connectivity index (χ1n) is 35.1. The van der Waals surface area contributed by atoms with Gasteiger partial charge in [0.2, 0.25) is 0 Å². The molecule has 37 heteroatoms. The number of halogens is 15. The molecule has 0 radical (unpaired) electrons. The summed E-state index contributed by atoms with van der Waals surface area (Å²) in [6.07, 6.45) is 0. The third kappa shape index (κ3) is 37.3. The maximum absolute atomic E-state index is 14.3. The minimum atomic E-state index is -1.51. The Balaban J connectivity index is 0.000000727. The van der Waals surface area contributed by atoms with Crippen LogP contribution in [-0.2, 0) is 9.68 Å². The molecule has 7 N–H and O–H groups in total. The van der Waals surface area contributed by atoms with Crippen molar-refractivity contribution in [1.82, 2.24) is 0 Å². The molecule has 17 aromatic rings. The Bertz CT molecular complexity index is 6290. The second kappa shape index (κ2) is 62.0. The number of phenols is 1. The molecule has 642 valence electrons. The van der Waals surface area contributed by atoms with Crippen LogP contribution in [0.1, 0.15) is 23.2 Å². The second-order valence-electron chi connectivity index (χ2n) is 24.4. The van der Waals surface area contributed by atoms with Crippen molar-refractivity contribution in [1.29, 1.82) is 0 Å². The van der Waals surface area contributed by atoms with E-state index in [0.717, 1.165) is 89.6 Å². The number of furan rings is 2. The quantitative estimate of drug-likeness (QED) is 0.0109. The fraction of sp³-hybridized carbons (Fsp3) is 0.0795. The summed E-state index contributed by atoms with van der Waals surface area (Å²) in [4.78, 5) is 10.1. The van der Waals surface area contributed by atoms with E-state index in [9.17, 15) is 38.4 Å². The first-order valence-corrected chi connectivity index (χ1v) is 44.8. The van der Waals surface area contributed by atoms with Crippen molar-refractivity contribution in [3.8, 4) is 39.5 Å². The number of methoxy groups -OCH3 is 1. The number of hydrogen-bond donors (Lipinski definition) is 7. The van der Waals surface area contributed by atoms with Crippen LogP contribution < -0.4 is 128 Å². The van der Waals surface area contributed by atoms with E-state index < -0.39 is 19.2 Å². The zero-order chi connectivity index (χ0) is 87.7. The van der Waals surface area contributed by atoms with Crippen LogP contribution in [-0.4, -0.2) is 90.2 Å². The molecule has 0 bridgehead atoms. The number of alkyl halides is 2. The molecule has 0 saturated carbocycles. The molecule has 0 spiro atoms. The van der Waals surface area contributed by atoms with Crippen molar-refractivity contribution in [2.75, 3.05) is 26.1 Å². The molecule has 0 saturated heterocycles. The van der Waals surface area contributed by atoms with Gasteiger partial charge in [-0.3, -0.25) is 9.54 Å². The molecule has 17 rings (SSSR count). The summed E-state index contributed by atoms with van der Waals surface area (Å²) < 4.78 is 70.8. The monoisotopic (exact) mass is 2580 g/mol. The van der Waals surface area contributed by atoms with Crippen molar-refractivity contribution < 1.29 is 186 Å². The molecule has 15 nitrogen and oxygen atoms in total. The number of fused-ring (bicyclic) bond motifs is 11. The predicted molar refractivity (Wildman–Crippen MR) is 561 cm³/mol. The average Bonchev–Trinajstić information content (AvgIpc) is 1.62. The maximum atomic E-state index is 14.3. The number of carbonyl (C=O) groups excluding carboxylic acids is 1. The van der Waals surface area contributed by atoms with E-state index in [1.807, 2.05) is 175 Å². The first kappa shape index (κ1) is 118. The van der Waals surface area contributed by atoms with Gasteiger partial charge in [0.25, 0.3) is 6.47 Å². The van der Waals surface area contributed by atoms with E-state index in [4.69, 9.17) is 61.6 Å². The van der Waals surface area contributed by atoms with E-state index in [1.165, 1.54) is 69.2 Å². The fourth-order valence-corrected chi connectivity index (χ4v) is 13.4. The first-order chi connectivity index (χ1) is 57.5. The van der Waals surface area contributed by atoms with Gasteiger partial charge >= 0.3 is 125 Å². The minimum Gasteiger partial charge on any atom is -1.00 e. The van der Waals surface area contributed by atoms with Gasteiger partial charge in [0, 0.05) is 77.8 Å². The van der Waals surface area contributed by atoms with Crippen LogP contribution in [0.4, 0.5) is 13.2 Å². The molecule has 2 aromatic heterocycles. The van der Waals surface area contributed by atoms with Crippen LogP contribution in [0.2, 0.25) is 0 Å². The Morgan fingerprint density at radius 1 is 0.480 bits per heavy atom. The summed E-state index contributed by atoms with van der Waals surface area (Å²) in [6.45, 7) is 2.29. The summed E-state index contributed by atoms with van der Waals surface area (Å²) in [5, 5.41) is 85.8. The van der Waals surface area contributed by atoms with Gasteiger partial charge in [0.05, 0.1) is 19.1 Å². The normalized spacial score (nSPS) is 9.76. The van der Waals surface area contributed by atoms with E-state index in [-0.39, 0.29) is 181 Å². The van der Waals surface area contributed by atoms with Crippen molar-refractivity contribution in [2.45, 2.75) is 21.8 Å². The second-order valence-corrected chi connectivity index (χ2v) is 38.0. The van der Waals surface area contributed by atoms with E-state index >= 15 is 0 Å². The van der Waals surface area contributed by atoms with E-state index in [2.05, 4.69) is 178 Å². The summed E-state index contributed by atoms with van der Waals surface area (Å²) in [5.41, 5.74) is 6.39. The number of rotatable bonds is 8. The number of ether oxygens (including phenoxy) is 2. The smallest absolute Gasteiger partial charge is 1.00 e. The van der Waals surface area contributed by atoms with Gasteiger partial charge in [-0.1, -0.05) is 253 Å². The molecule has 0 unspecified atom stereocenters. The van der Waals surface area contributed by atoms with Crippen LogP contribution in [0.3, 0.4) is 0 Å². The maximum Gasteiger partial charge on any atom is 1.00 e. The summed E-state index contributed by atoms with van der Waals surface area (Å²) in [6, 6.07) is 85.5. The van der Waals surface area contributed by atoms with Gasteiger partial charge < -0.3 is 65.1 Å². The number of benzene rings is 15. The van der Waals surface area contributed by atoms with E-state index in [1.54, 1.807) is 67.7 Å². The molecule has 0 fully saturated rings. The third-order valence-corrected chi connectivity index (χ3v) is 19.6. The van der Waals surface area contributed by atoms with Gasteiger partial charge in [0.1, 0.15) is 57.0 Å². The van der Waals surface area contributed by atoms with Gasteiger partial charge in [0.15, 0.2) is 0 Å². The van der Waals surface area contributed by atoms with Crippen LogP contribution in [0, 0.1) is 21.0 Å². The molecule has 2 heterocycles. The molecule has 0 aliphatic heterocycles. The molecule has 0 aliphatic carbocycles. The number of carbonyl (C=O) groups is 1. The molecule has 0 atom stereocenters. The zero-order valence-electron chi connectivity index (χ0n) is 66.4. The fourth-order valence-electron chi connectivity index (χ4n) is 11.7. The summed E-state index contributed by atoms with van der Waals surface area (Å²) in [7, 11) is 2.99. The average molecular weight is 2590 g/mol. The Morgan fingerprint density at radius 3 is 1.16 bits per heavy atom. The number of hydrogen-bond acceptors (Lipinski definition) is 15. The Hall–Kier alpha value is -2.66. The molecule has 0 aliphatic rings. The van der Waals surface area contributed by atoms with E-state index in [0.29, 0.717) is 59.3 Å². The SMILES string of the molecule is BrB(Br)Br.Brc1ccc2c(c1)oc1cc3ccccc3cc12.C.C.CCOc1cc2ccccc2cc1-c1ccc(Br)cc1F.CN=P.COc1cc2ccccc2cc1B(O)O.ClCCl.Fc1cc(Br)ccc1I.I.O=CO[O-].OB(O)I.OB(O)c1ccc2c(c1)oc1cc3ccccc3cc12.Oc1cc2ccccc2cc1-c1ccc(Br)cc1F.[H-].[K+].[K+]. The van der Waals surface area contributed by atoms with Gasteiger partial charge in [-0.2, -0.15) is 0 Å². The predicted octanol–water partition coefficient (Wildman–Crippen LogP) is 20.9. The molecule has 0 amide bonds. The Labute approximate surface area is 924 Å². The van der Waals surface area contributed by atoms with Crippen molar-refractivity contribution in [3.63, 3.8) is 0 Å². The van der Waals surface area contributed by atoms with Crippen LogP contribution in [0.15, 0.2) is 304 Å². The van der Waals surface area contributed by atoms with Crippen molar-refractivity contribution in [3.05, 3.63) is 312 Å². The number of aromatic hydroxyl groups is 1. The largest absolute Gasteiger partial charge is 1.00 e. The van der Waals surface area contributed by atoms with Crippen LogP contribution >= 0.6 is 212 Å². The minimum absolute atomic E-state index is 0. The number of nitrogens with zero attached hydrogens (tertiary/aromatic N) is 1. The van der Waals surface area contributed by atoms with Crippen molar-refractivity contribution >= 4 is 350 Å². The number of phenolic OH excluding ortho intramolecular Hbond substituents is 1. The topological polar surface area (TPSA) is 248 Å². The third-order valence-electron chi connectivity index (χ3n) is 16.7. The molecule has 15 aromatic carbocycles.